The maximum Gasteiger partial charge on any atom is 0.247 e. The standard InChI is InChI=1S/C17H27N5O5.23H2/c1-7-26-12-9-11(20-15(18)21-12)22(8(2)19-9)13-10(23)17(5,24)14(27-13)16(3,4)25-6;;;;;;;;;;;;;;;;;;;;;;;/h10,13-14,23-24H,7H2,1-6H3,(H2,18,20,21);23*1H/t10-,13-,14-,17+;;;;;;;;;;;;;;;;;;;;;;;/m1......................./s1. The van der Waals surface area contributed by atoms with Crippen LogP contribution in [0.5, 0.6) is 5.88 Å². The van der Waals surface area contributed by atoms with Crippen LogP contribution in [0.25, 0.3) is 11.2 Å². The highest BCUT2D eigenvalue weighted by Gasteiger charge is 2.58. The van der Waals surface area contributed by atoms with Gasteiger partial charge >= 0.3 is 0 Å². The first-order chi connectivity index (χ1) is 12.5. The first-order valence-electron chi connectivity index (χ1n) is 8.80. The molecule has 0 saturated carbocycles. The highest BCUT2D eigenvalue weighted by atomic mass is 16.6. The maximum absolute atomic E-state index is 10.9. The molecule has 0 bridgehead atoms. The summed E-state index contributed by atoms with van der Waals surface area (Å²) in [6, 6.07) is 0. The zero-order valence-corrected chi connectivity index (χ0v) is 16.4. The molecule has 3 rings (SSSR count). The molecule has 1 aliphatic rings. The van der Waals surface area contributed by atoms with Crippen LogP contribution in [0.3, 0.4) is 0 Å². The Morgan fingerprint density at radius 3 is 2.63 bits per heavy atom. The van der Waals surface area contributed by atoms with Gasteiger partial charge in [0.25, 0.3) is 0 Å². The van der Waals surface area contributed by atoms with E-state index in [2.05, 4.69) is 15.0 Å². The molecule has 1 saturated heterocycles. The number of rotatable bonds is 5. The highest BCUT2D eigenvalue weighted by Crippen LogP contribution is 2.44. The van der Waals surface area contributed by atoms with Gasteiger partial charge in [-0.2, -0.15) is 9.97 Å². The van der Waals surface area contributed by atoms with Crippen molar-refractivity contribution in [2.24, 2.45) is 0 Å². The van der Waals surface area contributed by atoms with Crippen LogP contribution in [-0.4, -0.2) is 66.9 Å². The highest BCUT2D eigenvalue weighted by molar-refractivity contribution is 5.78. The second-order valence-corrected chi connectivity index (χ2v) is 7.41. The summed E-state index contributed by atoms with van der Waals surface area (Å²) in [5.41, 5.74) is 4.19. The molecular formula is C17H73N5O5. The van der Waals surface area contributed by atoms with E-state index in [9.17, 15) is 10.2 Å². The van der Waals surface area contributed by atoms with E-state index in [1.54, 1.807) is 25.3 Å². The summed E-state index contributed by atoms with van der Waals surface area (Å²) in [5, 5.41) is 21.8. The molecule has 27 heavy (non-hydrogen) atoms. The van der Waals surface area contributed by atoms with Crippen LogP contribution in [0, 0.1) is 6.92 Å². The number of nitrogens with zero attached hydrogens (tertiary/aromatic N) is 4. The van der Waals surface area contributed by atoms with Gasteiger partial charge in [-0.15, -0.1) is 0 Å². The monoisotopic (exact) mass is 428 g/mol. The number of imidazole rings is 1. The van der Waals surface area contributed by atoms with Crippen molar-refractivity contribution in [1.29, 1.82) is 0 Å². The van der Waals surface area contributed by atoms with Gasteiger partial charge in [0.15, 0.2) is 17.4 Å². The van der Waals surface area contributed by atoms with E-state index in [4.69, 9.17) is 19.9 Å². The van der Waals surface area contributed by atoms with Crippen molar-refractivity contribution < 1.29 is 57.2 Å². The first-order valence-corrected chi connectivity index (χ1v) is 8.80. The summed E-state index contributed by atoms with van der Waals surface area (Å²) in [5.74, 6) is 0.788. The molecule has 4 N–H and O–H groups in total. The minimum Gasteiger partial charge on any atom is -0.476 e. The number of nitrogens with two attached hydrogens (primary N) is 1. The summed E-state index contributed by atoms with van der Waals surface area (Å²) < 4.78 is 18.7. The summed E-state index contributed by atoms with van der Waals surface area (Å²) in [6.07, 6.45) is -2.98. The van der Waals surface area contributed by atoms with Gasteiger partial charge < -0.3 is 30.2 Å². The Morgan fingerprint density at radius 2 is 2.04 bits per heavy atom. The van der Waals surface area contributed by atoms with Crippen molar-refractivity contribution in [3.8, 4) is 5.88 Å². The van der Waals surface area contributed by atoms with Gasteiger partial charge in [0.1, 0.15) is 23.6 Å². The molecule has 10 nitrogen and oxygen atoms in total. The third-order valence-electron chi connectivity index (χ3n) is 5.07. The Balaban J connectivity index is -0.0000000192. The number of fused-ring (bicyclic) bond motifs is 1. The lowest BCUT2D eigenvalue weighted by molar-refractivity contribution is -0.162. The summed E-state index contributed by atoms with van der Waals surface area (Å²) in [7, 11) is 1.53. The molecule has 0 unspecified atom stereocenters. The van der Waals surface area contributed by atoms with Crippen LogP contribution in [0.15, 0.2) is 0 Å². The Morgan fingerprint density at radius 1 is 1.37 bits per heavy atom. The maximum atomic E-state index is 10.9. The quantitative estimate of drug-likeness (QED) is 0.508. The number of hydrogen-bond donors (Lipinski definition) is 3. The Labute approximate surface area is 191 Å². The van der Waals surface area contributed by atoms with Crippen molar-refractivity contribution in [1.82, 2.24) is 19.5 Å². The SMILES string of the molecule is CCOc1nc(N)nc2c1nc(C)n2[C@@H]1O[C@H](C(C)(C)OC)[C@@](C)(O)[C@@H]1O.[HH].[HH].[HH].[HH].[HH].[HH].[HH].[HH].[HH].[HH].[HH].[HH].[HH].[HH].[HH].[HH].[HH].[HH].[HH].[HH].[HH].[HH].[HH]. The lowest BCUT2D eigenvalue weighted by Crippen LogP contribution is -2.54. The Kier molecular flexibility index (Phi) is 4.79. The molecule has 1 aliphatic heterocycles. The molecule has 1 fully saturated rings. The number of aryl methyl sites for hydroxylation is 1. The van der Waals surface area contributed by atoms with Crippen LogP contribution in [-0.2, 0) is 9.47 Å². The molecular weight excluding hydrogens is 354 g/mol. The molecule has 2 aromatic heterocycles. The van der Waals surface area contributed by atoms with Crippen LogP contribution < -0.4 is 10.5 Å². The summed E-state index contributed by atoms with van der Waals surface area (Å²) in [6.45, 7) is 9.05. The zero-order chi connectivity index (χ0) is 20.1. The van der Waals surface area contributed by atoms with Crippen LogP contribution >= 0.6 is 0 Å². The largest absolute Gasteiger partial charge is 0.476 e. The van der Waals surface area contributed by atoms with E-state index in [1.165, 1.54) is 14.0 Å². The van der Waals surface area contributed by atoms with Gasteiger partial charge in [0.2, 0.25) is 11.8 Å². The summed E-state index contributed by atoms with van der Waals surface area (Å²) >= 11 is 0. The normalized spacial score (nSPS) is 28.8. The zero-order valence-electron chi connectivity index (χ0n) is 16.4. The van der Waals surface area contributed by atoms with E-state index >= 15 is 0 Å². The minimum atomic E-state index is -1.56. The topological polar surface area (TPSA) is 138 Å². The predicted molar refractivity (Wildman–Crippen MR) is 146 cm³/mol. The minimum absolute atomic E-state index is 0. The fourth-order valence-corrected chi connectivity index (χ4v) is 3.59. The number of aromatic nitrogens is 4. The van der Waals surface area contributed by atoms with E-state index < -0.39 is 29.6 Å². The number of anilines is 1. The molecule has 0 aromatic carbocycles. The first kappa shape index (κ1) is 19.7. The third-order valence-corrected chi connectivity index (χ3v) is 5.07. The molecule has 0 amide bonds. The van der Waals surface area contributed by atoms with E-state index in [-0.39, 0.29) is 44.6 Å². The molecule has 0 aliphatic carbocycles. The molecule has 0 spiro atoms. The fraction of sp³-hybridized carbons (Fsp3) is 0.706. The van der Waals surface area contributed by atoms with Crippen molar-refractivity contribution in [2.75, 3.05) is 19.5 Å². The van der Waals surface area contributed by atoms with Gasteiger partial charge in [0, 0.05) is 39.9 Å². The van der Waals surface area contributed by atoms with Crippen molar-refractivity contribution in [3.05, 3.63) is 5.82 Å². The number of methoxy groups -OCH3 is 1. The molecule has 4 atom stereocenters. The average Bonchev–Trinajstić information content (AvgIpc) is 3.02. The number of hydrogen-bond acceptors (Lipinski definition) is 9. The molecule has 10 heteroatoms. The number of aliphatic hydroxyl groups is 2. The summed E-state index contributed by atoms with van der Waals surface area (Å²) in [4.78, 5) is 12.8. The van der Waals surface area contributed by atoms with E-state index in [0.717, 1.165) is 0 Å². The Bertz CT molecular complexity index is 900. The van der Waals surface area contributed by atoms with Gasteiger partial charge in [-0.05, 0) is 34.6 Å². The molecule has 2 aromatic rings. The fourth-order valence-electron chi connectivity index (χ4n) is 3.59. The van der Waals surface area contributed by atoms with Gasteiger partial charge in [-0.3, -0.25) is 4.57 Å². The Hall–Kier alpha value is -2.01. The number of aliphatic hydroxyl groups excluding tert-OH is 1. The van der Waals surface area contributed by atoms with Gasteiger partial charge in [0.05, 0.1) is 12.2 Å². The second-order valence-electron chi connectivity index (χ2n) is 7.41. The lowest BCUT2D eigenvalue weighted by Gasteiger charge is -2.36. The van der Waals surface area contributed by atoms with Crippen LogP contribution in [0.2, 0.25) is 0 Å². The molecule has 0 radical (unpaired) electrons. The van der Waals surface area contributed by atoms with Crippen molar-refractivity contribution >= 4 is 17.1 Å². The van der Waals surface area contributed by atoms with Crippen LogP contribution in [0.1, 0.15) is 72.6 Å². The average molecular weight is 428 g/mol. The van der Waals surface area contributed by atoms with Crippen molar-refractivity contribution in [3.63, 3.8) is 0 Å². The number of ether oxygens (including phenoxy) is 3. The molecule has 196 valence electrons. The third kappa shape index (κ3) is 3.02. The molecule has 3 heterocycles. The predicted octanol–water partition coefficient (Wildman–Crippen LogP) is 6.21. The van der Waals surface area contributed by atoms with E-state index in [1.807, 2.05) is 6.92 Å². The van der Waals surface area contributed by atoms with Crippen molar-refractivity contribution in [2.45, 2.75) is 64.3 Å². The smallest absolute Gasteiger partial charge is 0.247 e. The lowest BCUT2D eigenvalue weighted by atomic mass is 9.85. The second kappa shape index (κ2) is 6.55. The van der Waals surface area contributed by atoms with Crippen LogP contribution in [0.4, 0.5) is 5.95 Å². The number of nitrogen functional groups attached to an aromatic ring is 1. The van der Waals surface area contributed by atoms with Gasteiger partial charge in [-0.1, -0.05) is 0 Å². The van der Waals surface area contributed by atoms with Gasteiger partial charge in [-0.25, -0.2) is 4.98 Å². The van der Waals surface area contributed by atoms with E-state index in [0.29, 0.717) is 23.6 Å².